The van der Waals surface area contributed by atoms with Crippen molar-refractivity contribution < 1.29 is 20.1 Å². The Balaban J connectivity index is 1.95. The van der Waals surface area contributed by atoms with Crippen molar-refractivity contribution in [3.63, 3.8) is 0 Å². The van der Waals surface area contributed by atoms with Gasteiger partial charge in [-0.2, -0.15) is 0 Å². The number of hydrogen-bond donors (Lipinski definition) is 3. The van der Waals surface area contributed by atoms with Crippen LogP contribution in [0.2, 0.25) is 0 Å². The lowest BCUT2D eigenvalue weighted by Crippen LogP contribution is -2.06. The van der Waals surface area contributed by atoms with Gasteiger partial charge in [-0.3, -0.25) is 0 Å². The topological polar surface area (TPSA) is 95.6 Å². The molecule has 0 spiro atoms. The number of carbonyl (C=O) groups is 1. The van der Waals surface area contributed by atoms with E-state index in [1.54, 1.807) is 24.3 Å². The maximum Gasteiger partial charge on any atom is 0.335 e. The largest absolute Gasteiger partial charge is 0.504 e. The van der Waals surface area contributed by atoms with E-state index in [1.807, 2.05) is 0 Å². The predicted octanol–water partition coefficient (Wildman–Crippen LogP) is 3.93. The third-order valence-corrected chi connectivity index (χ3v) is 4.86. The van der Waals surface area contributed by atoms with E-state index in [9.17, 15) is 20.1 Å². The Labute approximate surface area is 144 Å². The third-order valence-electron chi connectivity index (χ3n) is 4.86. The number of nitrogens with zero attached hydrogens (tertiary/aromatic N) is 2. The number of hydrogen-bond acceptors (Lipinski definition) is 4. The molecule has 1 aliphatic carbocycles. The van der Waals surface area contributed by atoms with Crippen molar-refractivity contribution >= 4 is 17.0 Å². The number of imidazole rings is 1. The minimum absolute atomic E-state index is 0.180. The van der Waals surface area contributed by atoms with Crippen molar-refractivity contribution in [2.45, 2.75) is 31.7 Å². The van der Waals surface area contributed by atoms with E-state index in [0.717, 1.165) is 31.2 Å². The molecule has 0 atom stereocenters. The summed E-state index contributed by atoms with van der Waals surface area (Å²) in [7, 11) is 0. The highest BCUT2D eigenvalue weighted by Gasteiger charge is 2.24. The highest BCUT2D eigenvalue weighted by molar-refractivity contribution is 5.93. The van der Waals surface area contributed by atoms with Gasteiger partial charge in [0.05, 0.1) is 16.6 Å². The quantitative estimate of drug-likeness (QED) is 0.629. The van der Waals surface area contributed by atoms with Crippen LogP contribution in [0.25, 0.3) is 22.4 Å². The second-order valence-corrected chi connectivity index (χ2v) is 6.46. The predicted molar refractivity (Wildman–Crippen MR) is 93.0 cm³/mol. The van der Waals surface area contributed by atoms with Gasteiger partial charge in [0.25, 0.3) is 0 Å². The van der Waals surface area contributed by atoms with Crippen molar-refractivity contribution in [2.24, 2.45) is 0 Å². The number of aromatic carboxylic acids is 1. The summed E-state index contributed by atoms with van der Waals surface area (Å²) >= 11 is 0. The lowest BCUT2D eigenvalue weighted by atomic mass is 10.1. The second-order valence-electron chi connectivity index (χ2n) is 6.46. The van der Waals surface area contributed by atoms with Crippen LogP contribution >= 0.6 is 0 Å². The van der Waals surface area contributed by atoms with Crippen molar-refractivity contribution in [3.8, 4) is 22.9 Å². The van der Waals surface area contributed by atoms with Crippen LogP contribution in [-0.4, -0.2) is 30.8 Å². The van der Waals surface area contributed by atoms with Gasteiger partial charge in [-0.1, -0.05) is 12.8 Å². The van der Waals surface area contributed by atoms with Crippen LogP contribution in [0.15, 0.2) is 36.4 Å². The van der Waals surface area contributed by atoms with Gasteiger partial charge in [0.1, 0.15) is 5.82 Å². The Morgan fingerprint density at radius 1 is 1.04 bits per heavy atom. The number of aromatic nitrogens is 2. The fourth-order valence-corrected chi connectivity index (χ4v) is 3.63. The molecule has 6 heteroatoms. The zero-order valence-electron chi connectivity index (χ0n) is 13.5. The molecule has 0 bridgehead atoms. The molecule has 1 heterocycles. The van der Waals surface area contributed by atoms with Crippen LogP contribution in [0, 0.1) is 0 Å². The minimum Gasteiger partial charge on any atom is -0.504 e. The van der Waals surface area contributed by atoms with E-state index in [4.69, 9.17) is 0 Å². The first-order valence-corrected chi connectivity index (χ1v) is 8.32. The maximum atomic E-state index is 11.2. The zero-order chi connectivity index (χ0) is 17.6. The maximum absolute atomic E-state index is 11.2. The molecule has 25 heavy (non-hydrogen) atoms. The number of carboxylic acids is 1. The molecule has 128 valence electrons. The van der Waals surface area contributed by atoms with Gasteiger partial charge < -0.3 is 19.9 Å². The SMILES string of the molecule is O=C(O)c1ccc2c(c1)nc(-c1ccc(O)c(O)c1)n2C1CCCC1. The highest BCUT2D eigenvalue weighted by Crippen LogP contribution is 2.38. The molecule has 3 N–H and O–H groups in total. The van der Waals surface area contributed by atoms with Crippen LogP contribution in [-0.2, 0) is 0 Å². The van der Waals surface area contributed by atoms with E-state index < -0.39 is 5.97 Å². The molecule has 3 aromatic rings. The average Bonchev–Trinajstić information content (AvgIpc) is 3.23. The molecular formula is C19H18N2O4. The van der Waals surface area contributed by atoms with Gasteiger partial charge in [-0.25, -0.2) is 9.78 Å². The van der Waals surface area contributed by atoms with E-state index in [1.165, 1.54) is 12.1 Å². The number of phenolic OH excluding ortho intramolecular Hbond substituents is 2. The summed E-state index contributed by atoms with van der Waals surface area (Å²) in [4.78, 5) is 15.9. The Hall–Kier alpha value is -3.02. The molecule has 0 unspecified atom stereocenters. The molecule has 4 rings (SSSR count). The summed E-state index contributed by atoms with van der Waals surface area (Å²) in [6.45, 7) is 0. The van der Waals surface area contributed by atoms with Gasteiger partial charge in [-0.15, -0.1) is 0 Å². The van der Waals surface area contributed by atoms with Crippen molar-refractivity contribution in [2.75, 3.05) is 0 Å². The van der Waals surface area contributed by atoms with Crippen molar-refractivity contribution in [3.05, 3.63) is 42.0 Å². The van der Waals surface area contributed by atoms with Crippen LogP contribution < -0.4 is 0 Å². The molecule has 6 nitrogen and oxygen atoms in total. The fraction of sp³-hybridized carbons (Fsp3) is 0.263. The summed E-state index contributed by atoms with van der Waals surface area (Å²) < 4.78 is 2.14. The van der Waals surface area contributed by atoms with E-state index in [2.05, 4.69) is 9.55 Å². The number of aromatic hydroxyl groups is 2. The number of carboxylic acid groups (broad SMARTS) is 1. The van der Waals surface area contributed by atoms with Crippen molar-refractivity contribution in [1.29, 1.82) is 0 Å². The van der Waals surface area contributed by atoms with Gasteiger partial charge >= 0.3 is 5.97 Å². The van der Waals surface area contributed by atoms with Crippen LogP contribution in [0.1, 0.15) is 42.1 Å². The molecule has 1 aromatic heterocycles. The number of fused-ring (bicyclic) bond motifs is 1. The standard InChI is InChI=1S/C19H18N2O4/c22-16-8-6-11(10-17(16)23)18-20-14-9-12(19(24)25)5-7-15(14)21(18)13-3-1-2-4-13/h5-10,13,22-23H,1-4H2,(H,24,25). The van der Waals surface area contributed by atoms with Gasteiger partial charge in [0.2, 0.25) is 0 Å². The molecule has 0 saturated heterocycles. The van der Waals surface area contributed by atoms with Gasteiger partial charge in [-0.05, 0) is 49.2 Å². The lowest BCUT2D eigenvalue weighted by molar-refractivity contribution is 0.0697. The smallest absolute Gasteiger partial charge is 0.335 e. The molecule has 0 amide bonds. The van der Waals surface area contributed by atoms with E-state index >= 15 is 0 Å². The summed E-state index contributed by atoms with van der Waals surface area (Å²) in [5.41, 5.74) is 2.40. The lowest BCUT2D eigenvalue weighted by Gasteiger charge is -2.16. The Bertz CT molecular complexity index is 971. The van der Waals surface area contributed by atoms with Crippen LogP contribution in [0.4, 0.5) is 0 Å². The molecule has 1 fully saturated rings. The molecule has 2 aromatic carbocycles. The minimum atomic E-state index is -0.985. The Kier molecular flexibility index (Phi) is 3.60. The first-order valence-electron chi connectivity index (χ1n) is 8.32. The summed E-state index contributed by atoms with van der Waals surface area (Å²) in [6.07, 6.45) is 4.39. The highest BCUT2D eigenvalue weighted by atomic mass is 16.4. The molecular weight excluding hydrogens is 320 g/mol. The Morgan fingerprint density at radius 2 is 1.80 bits per heavy atom. The monoisotopic (exact) mass is 338 g/mol. The number of benzene rings is 2. The molecule has 0 aliphatic heterocycles. The van der Waals surface area contributed by atoms with Crippen molar-refractivity contribution in [1.82, 2.24) is 9.55 Å². The third kappa shape index (κ3) is 2.59. The number of phenols is 2. The zero-order valence-corrected chi connectivity index (χ0v) is 13.5. The first kappa shape index (κ1) is 15.5. The van der Waals surface area contributed by atoms with E-state index in [0.29, 0.717) is 22.9 Å². The summed E-state index contributed by atoms with van der Waals surface area (Å²) in [5, 5.41) is 28.6. The fourth-order valence-electron chi connectivity index (χ4n) is 3.63. The van der Waals surface area contributed by atoms with Gasteiger partial charge in [0.15, 0.2) is 11.5 Å². The summed E-state index contributed by atoms with van der Waals surface area (Å²) in [5.74, 6) is -0.685. The number of rotatable bonds is 3. The summed E-state index contributed by atoms with van der Waals surface area (Å²) in [6, 6.07) is 9.90. The average molecular weight is 338 g/mol. The normalized spacial score (nSPS) is 15.0. The Morgan fingerprint density at radius 3 is 2.48 bits per heavy atom. The molecule has 1 saturated carbocycles. The molecule has 1 aliphatic rings. The second kappa shape index (κ2) is 5.81. The van der Waals surface area contributed by atoms with Crippen LogP contribution in [0.3, 0.4) is 0 Å². The first-order chi connectivity index (χ1) is 12.0. The molecule has 0 radical (unpaired) electrons. The van der Waals surface area contributed by atoms with Gasteiger partial charge in [0, 0.05) is 11.6 Å². The van der Waals surface area contributed by atoms with E-state index in [-0.39, 0.29) is 17.1 Å². The van der Waals surface area contributed by atoms with Crippen LogP contribution in [0.5, 0.6) is 11.5 Å².